The van der Waals surface area contributed by atoms with E-state index in [1.54, 1.807) is 0 Å². The second-order valence-corrected chi connectivity index (χ2v) is 6.30. The summed E-state index contributed by atoms with van der Waals surface area (Å²) in [6, 6.07) is 15.5. The van der Waals surface area contributed by atoms with Crippen molar-refractivity contribution in [3.8, 4) is 0 Å². The van der Waals surface area contributed by atoms with Crippen LogP contribution >= 0.6 is 38.5 Å². The Morgan fingerprint density at radius 2 is 1.79 bits per heavy atom. The first-order valence-corrected chi connectivity index (χ1v) is 7.76. The Hall–Kier alpha value is -0.880. The third-order valence-corrected chi connectivity index (χ3v) is 4.31. The zero-order valence-electron chi connectivity index (χ0n) is 10.4. The van der Waals surface area contributed by atoms with Gasteiger partial charge in [-0.15, -0.1) is 0 Å². The number of hydrogen-bond donors (Lipinski definition) is 1. The molecule has 2 aromatic rings. The molecule has 1 N–H and O–H groups in total. The second-order valence-electron chi connectivity index (χ2n) is 4.23. The lowest BCUT2D eigenvalue weighted by Gasteiger charge is -2.15. The summed E-state index contributed by atoms with van der Waals surface area (Å²) in [5.74, 6) is -0.0413. The quantitative estimate of drug-likeness (QED) is 0.712. The third-order valence-electron chi connectivity index (χ3n) is 2.84. The molecule has 4 heteroatoms. The Morgan fingerprint density at radius 1 is 1.16 bits per heavy atom. The first-order chi connectivity index (χ1) is 9.08. The lowest BCUT2D eigenvalue weighted by molar-refractivity contribution is 0.0939. The minimum atomic E-state index is -0.0413. The van der Waals surface area contributed by atoms with Crippen LogP contribution < -0.4 is 5.32 Å². The Kier molecular flexibility index (Phi) is 4.99. The van der Waals surface area contributed by atoms with Crippen LogP contribution in [0, 0.1) is 3.57 Å². The number of nitrogens with one attached hydrogen (secondary N) is 1. The van der Waals surface area contributed by atoms with Gasteiger partial charge < -0.3 is 5.32 Å². The number of rotatable bonds is 3. The molecule has 1 atom stereocenters. The van der Waals surface area contributed by atoms with Gasteiger partial charge in [0, 0.05) is 8.04 Å². The van der Waals surface area contributed by atoms with Gasteiger partial charge in [0.15, 0.2) is 0 Å². The second kappa shape index (κ2) is 6.52. The van der Waals surface area contributed by atoms with E-state index in [-0.39, 0.29) is 11.9 Å². The van der Waals surface area contributed by atoms with Crippen molar-refractivity contribution in [3.63, 3.8) is 0 Å². The van der Waals surface area contributed by atoms with Crippen LogP contribution in [0.25, 0.3) is 0 Å². The number of carbonyl (C=O) groups is 1. The minimum absolute atomic E-state index is 0.0170. The number of amides is 1. The summed E-state index contributed by atoms with van der Waals surface area (Å²) in [6.07, 6.45) is 0. The van der Waals surface area contributed by atoms with Crippen molar-refractivity contribution in [2.75, 3.05) is 0 Å². The van der Waals surface area contributed by atoms with Crippen LogP contribution in [-0.2, 0) is 0 Å². The van der Waals surface area contributed by atoms with Gasteiger partial charge in [0.05, 0.1) is 11.6 Å². The van der Waals surface area contributed by atoms with Gasteiger partial charge in [0.25, 0.3) is 5.91 Å². The van der Waals surface area contributed by atoms with E-state index >= 15 is 0 Å². The average Bonchev–Trinajstić information content (AvgIpc) is 2.39. The molecule has 2 nitrogen and oxygen atoms in total. The molecule has 0 aliphatic rings. The lowest BCUT2D eigenvalue weighted by Crippen LogP contribution is -2.27. The lowest BCUT2D eigenvalue weighted by atomic mass is 10.1. The summed E-state index contributed by atoms with van der Waals surface area (Å²) >= 11 is 5.58. The topological polar surface area (TPSA) is 29.1 Å². The Bertz CT molecular complexity index is 583. The van der Waals surface area contributed by atoms with Crippen LogP contribution in [0.5, 0.6) is 0 Å². The van der Waals surface area contributed by atoms with E-state index in [0.717, 1.165) is 13.6 Å². The normalized spacial score (nSPS) is 11.9. The molecule has 19 heavy (non-hydrogen) atoms. The number of halogens is 2. The molecule has 0 heterocycles. The molecule has 2 rings (SSSR count). The predicted octanol–water partition coefficient (Wildman–Crippen LogP) is 4.54. The van der Waals surface area contributed by atoms with Gasteiger partial charge in [0.1, 0.15) is 0 Å². The SMILES string of the molecule is C[C@@H](NC(=O)c1ccccc1I)c1ccc(Br)cc1. The van der Waals surface area contributed by atoms with Crippen molar-refractivity contribution in [2.45, 2.75) is 13.0 Å². The van der Waals surface area contributed by atoms with Crippen molar-refractivity contribution in [2.24, 2.45) is 0 Å². The van der Waals surface area contributed by atoms with E-state index < -0.39 is 0 Å². The van der Waals surface area contributed by atoms with Gasteiger partial charge in [-0.3, -0.25) is 4.79 Å². The molecule has 0 aliphatic heterocycles. The van der Waals surface area contributed by atoms with E-state index in [1.165, 1.54) is 0 Å². The molecule has 0 unspecified atom stereocenters. The highest BCUT2D eigenvalue weighted by Crippen LogP contribution is 2.18. The smallest absolute Gasteiger partial charge is 0.252 e. The molecule has 2 aromatic carbocycles. The molecular formula is C15H13BrINO. The summed E-state index contributed by atoms with van der Waals surface area (Å²) in [5, 5.41) is 3.01. The van der Waals surface area contributed by atoms with Crippen molar-refractivity contribution in [3.05, 3.63) is 67.7 Å². The maximum absolute atomic E-state index is 12.2. The van der Waals surface area contributed by atoms with Gasteiger partial charge in [-0.1, -0.05) is 40.2 Å². The zero-order chi connectivity index (χ0) is 13.8. The highest BCUT2D eigenvalue weighted by molar-refractivity contribution is 14.1. The molecule has 0 spiro atoms. The van der Waals surface area contributed by atoms with Crippen LogP contribution in [-0.4, -0.2) is 5.91 Å². The van der Waals surface area contributed by atoms with Crippen molar-refractivity contribution in [1.82, 2.24) is 5.32 Å². The fraction of sp³-hybridized carbons (Fsp3) is 0.133. The summed E-state index contributed by atoms with van der Waals surface area (Å²) in [7, 11) is 0. The maximum Gasteiger partial charge on any atom is 0.252 e. The molecule has 0 aromatic heterocycles. The predicted molar refractivity (Wildman–Crippen MR) is 89.2 cm³/mol. The number of hydrogen-bond acceptors (Lipinski definition) is 1. The molecule has 0 bridgehead atoms. The molecule has 0 radical (unpaired) electrons. The first-order valence-electron chi connectivity index (χ1n) is 5.89. The van der Waals surface area contributed by atoms with Crippen LogP contribution in [0.2, 0.25) is 0 Å². The minimum Gasteiger partial charge on any atom is -0.345 e. The van der Waals surface area contributed by atoms with Gasteiger partial charge in [-0.05, 0) is 59.3 Å². The average molecular weight is 430 g/mol. The monoisotopic (exact) mass is 429 g/mol. The van der Waals surface area contributed by atoms with Gasteiger partial charge in [-0.2, -0.15) is 0 Å². The molecule has 0 saturated carbocycles. The fourth-order valence-corrected chi connectivity index (χ4v) is 2.65. The molecule has 0 aliphatic carbocycles. The van der Waals surface area contributed by atoms with E-state index in [2.05, 4.69) is 43.8 Å². The van der Waals surface area contributed by atoms with Crippen molar-refractivity contribution >= 4 is 44.4 Å². The molecule has 0 fully saturated rings. The Balaban J connectivity index is 2.11. The fourth-order valence-electron chi connectivity index (χ4n) is 1.75. The van der Waals surface area contributed by atoms with E-state index in [0.29, 0.717) is 5.56 Å². The van der Waals surface area contributed by atoms with Crippen LogP contribution in [0.3, 0.4) is 0 Å². The third kappa shape index (κ3) is 3.79. The Labute approximate surface area is 134 Å². The largest absolute Gasteiger partial charge is 0.345 e. The van der Waals surface area contributed by atoms with Crippen molar-refractivity contribution in [1.29, 1.82) is 0 Å². The molecule has 0 saturated heterocycles. The maximum atomic E-state index is 12.2. The first kappa shape index (κ1) is 14.5. The summed E-state index contributed by atoms with van der Waals surface area (Å²) in [5.41, 5.74) is 1.80. The standard InChI is InChI=1S/C15H13BrINO/c1-10(11-6-8-12(16)9-7-11)18-15(19)13-4-2-3-5-14(13)17/h2-10H,1H3,(H,18,19)/t10-/m1/s1. The van der Waals surface area contributed by atoms with Crippen molar-refractivity contribution < 1.29 is 4.79 Å². The molecule has 98 valence electrons. The van der Waals surface area contributed by atoms with Gasteiger partial charge in [0.2, 0.25) is 0 Å². The van der Waals surface area contributed by atoms with E-state index in [4.69, 9.17) is 0 Å². The molecule has 1 amide bonds. The van der Waals surface area contributed by atoms with E-state index in [1.807, 2.05) is 55.5 Å². The summed E-state index contributed by atoms with van der Waals surface area (Å²) < 4.78 is 1.99. The summed E-state index contributed by atoms with van der Waals surface area (Å²) in [4.78, 5) is 12.2. The van der Waals surface area contributed by atoms with E-state index in [9.17, 15) is 4.79 Å². The zero-order valence-corrected chi connectivity index (χ0v) is 14.1. The van der Waals surface area contributed by atoms with Gasteiger partial charge >= 0.3 is 0 Å². The van der Waals surface area contributed by atoms with Crippen LogP contribution in [0.4, 0.5) is 0 Å². The number of carbonyl (C=O) groups excluding carboxylic acids is 1. The van der Waals surface area contributed by atoms with Gasteiger partial charge in [-0.25, -0.2) is 0 Å². The highest BCUT2D eigenvalue weighted by atomic mass is 127. The van der Waals surface area contributed by atoms with Crippen LogP contribution in [0.15, 0.2) is 53.0 Å². The summed E-state index contributed by atoms with van der Waals surface area (Å²) in [6.45, 7) is 1.98. The highest BCUT2D eigenvalue weighted by Gasteiger charge is 2.13. The number of benzene rings is 2. The van der Waals surface area contributed by atoms with Crippen LogP contribution in [0.1, 0.15) is 28.9 Å². The Morgan fingerprint density at radius 3 is 2.42 bits per heavy atom. The molecular weight excluding hydrogens is 417 g/mol.